The van der Waals surface area contributed by atoms with Crippen molar-refractivity contribution in [2.75, 3.05) is 0 Å². The summed E-state index contributed by atoms with van der Waals surface area (Å²) in [5.74, 6) is -1.55. The molecule has 0 atom stereocenters. The van der Waals surface area contributed by atoms with E-state index < -0.39 is 11.8 Å². The average Bonchev–Trinajstić information content (AvgIpc) is 2.86. The topological polar surface area (TPSA) is 29.9 Å². The molecule has 0 amide bonds. The second-order valence-electron chi connectivity index (χ2n) is 6.07. The first-order valence-corrected chi connectivity index (χ1v) is 7.59. The highest BCUT2D eigenvalue weighted by atomic mass is 19.1. The second kappa shape index (κ2) is 5.09. The Hall–Kier alpha value is -2.82. The SMILES string of the molecule is Cc1cc[n+](C)c(-c2cc3oc4nc(F)cc(F)c4c3cc2C)c1. The molecule has 3 aromatic heterocycles. The van der Waals surface area contributed by atoms with Gasteiger partial charge in [-0.05, 0) is 37.1 Å². The largest absolute Gasteiger partial charge is 0.437 e. The molecule has 0 aliphatic heterocycles. The zero-order valence-corrected chi connectivity index (χ0v) is 13.5. The van der Waals surface area contributed by atoms with Crippen LogP contribution in [0.2, 0.25) is 0 Å². The lowest BCUT2D eigenvalue weighted by atomic mass is 10.0. The summed E-state index contributed by atoms with van der Waals surface area (Å²) in [4.78, 5) is 3.66. The fourth-order valence-corrected chi connectivity index (χ4v) is 3.07. The number of benzene rings is 1. The van der Waals surface area contributed by atoms with Crippen LogP contribution in [0.1, 0.15) is 11.1 Å². The van der Waals surface area contributed by atoms with Crippen molar-refractivity contribution in [2.24, 2.45) is 7.05 Å². The maximum absolute atomic E-state index is 14.1. The van der Waals surface area contributed by atoms with Gasteiger partial charge in [-0.1, -0.05) is 0 Å². The Morgan fingerprint density at radius 3 is 2.67 bits per heavy atom. The molecule has 4 rings (SSSR count). The van der Waals surface area contributed by atoms with Gasteiger partial charge in [-0.25, -0.2) is 8.96 Å². The second-order valence-corrected chi connectivity index (χ2v) is 6.07. The van der Waals surface area contributed by atoms with Crippen LogP contribution in [0, 0.1) is 25.6 Å². The average molecular weight is 325 g/mol. The minimum atomic E-state index is -0.888. The molecular formula is C19H15F2N2O+. The van der Waals surface area contributed by atoms with Gasteiger partial charge < -0.3 is 4.42 Å². The molecule has 0 bridgehead atoms. The minimum Gasteiger partial charge on any atom is -0.437 e. The van der Waals surface area contributed by atoms with Crippen LogP contribution in [0.3, 0.4) is 0 Å². The summed E-state index contributed by atoms with van der Waals surface area (Å²) in [5.41, 5.74) is 4.59. The van der Waals surface area contributed by atoms with Crippen molar-refractivity contribution in [3.8, 4) is 11.3 Å². The predicted octanol–water partition coefficient (Wildman–Crippen LogP) is 4.37. The summed E-state index contributed by atoms with van der Waals surface area (Å²) in [6.45, 7) is 3.99. The van der Waals surface area contributed by atoms with Crippen LogP contribution < -0.4 is 4.57 Å². The summed E-state index contributed by atoms with van der Waals surface area (Å²) in [7, 11) is 1.97. The first kappa shape index (κ1) is 14.8. The zero-order chi connectivity index (χ0) is 17.0. The molecule has 0 unspecified atom stereocenters. The zero-order valence-electron chi connectivity index (χ0n) is 13.5. The van der Waals surface area contributed by atoms with Crippen molar-refractivity contribution in [3.05, 3.63) is 59.4 Å². The lowest BCUT2D eigenvalue weighted by Crippen LogP contribution is -2.30. The van der Waals surface area contributed by atoms with Crippen molar-refractivity contribution in [2.45, 2.75) is 13.8 Å². The van der Waals surface area contributed by atoms with Crippen molar-refractivity contribution in [3.63, 3.8) is 0 Å². The number of hydrogen-bond donors (Lipinski definition) is 0. The van der Waals surface area contributed by atoms with Gasteiger partial charge in [0.1, 0.15) is 18.4 Å². The van der Waals surface area contributed by atoms with Crippen LogP contribution in [0.15, 0.2) is 40.9 Å². The molecule has 120 valence electrons. The van der Waals surface area contributed by atoms with Crippen molar-refractivity contribution < 1.29 is 17.8 Å². The van der Waals surface area contributed by atoms with E-state index in [9.17, 15) is 8.78 Å². The summed E-state index contributed by atoms with van der Waals surface area (Å²) in [6.07, 6.45) is 1.99. The number of aromatic nitrogens is 2. The Labute approximate surface area is 137 Å². The molecular weight excluding hydrogens is 310 g/mol. The van der Waals surface area contributed by atoms with Crippen molar-refractivity contribution in [1.82, 2.24) is 4.98 Å². The van der Waals surface area contributed by atoms with Gasteiger partial charge in [0.2, 0.25) is 17.4 Å². The van der Waals surface area contributed by atoms with E-state index in [4.69, 9.17) is 4.42 Å². The molecule has 0 N–H and O–H groups in total. The molecule has 0 saturated carbocycles. The minimum absolute atomic E-state index is 0.0207. The first-order valence-electron chi connectivity index (χ1n) is 7.59. The number of rotatable bonds is 1. The van der Waals surface area contributed by atoms with E-state index in [1.54, 1.807) is 0 Å². The lowest BCUT2D eigenvalue weighted by molar-refractivity contribution is -0.660. The third-order valence-corrected chi connectivity index (χ3v) is 4.29. The van der Waals surface area contributed by atoms with E-state index in [0.717, 1.165) is 28.5 Å². The molecule has 3 heterocycles. The Morgan fingerprint density at radius 1 is 1.08 bits per heavy atom. The monoisotopic (exact) mass is 325 g/mol. The third kappa shape index (κ3) is 2.16. The van der Waals surface area contributed by atoms with Crippen LogP contribution in [-0.4, -0.2) is 4.98 Å². The highest BCUT2D eigenvalue weighted by Gasteiger charge is 2.19. The first-order chi connectivity index (χ1) is 11.4. The van der Waals surface area contributed by atoms with Gasteiger partial charge in [0, 0.05) is 23.6 Å². The van der Waals surface area contributed by atoms with E-state index in [1.807, 2.05) is 49.9 Å². The molecule has 1 aromatic carbocycles. The van der Waals surface area contributed by atoms with Gasteiger partial charge in [0.25, 0.3) is 0 Å². The van der Waals surface area contributed by atoms with Gasteiger partial charge in [-0.15, -0.1) is 0 Å². The Bertz CT molecular complexity index is 1120. The van der Waals surface area contributed by atoms with Crippen molar-refractivity contribution in [1.29, 1.82) is 0 Å². The molecule has 24 heavy (non-hydrogen) atoms. The Balaban J connectivity index is 2.06. The third-order valence-electron chi connectivity index (χ3n) is 4.29. The van der Waals surface area contributed by atoms with Gasteiger partial charge in [0.15, 0.2) is 6.20 Å². The number of nitrogens with zero attached hydrogens (tertiary/aromatic N) is 2. The van der Waals surface area contributed by atoms with Crippen LogP contribution in [0.25, 0.3) is 33.3 Å². The van der Waals surface area contributed by atoms with E-state index in [2.05, 4.69) is 11.1 Å². The number of pyridine rings is 2. The molecule has 0 saturated heterocycles. The normalized spacial score (nSPS) is 11.5. The van der Waals surface area contributed by atoms with Gasteiger partial charge in [-0.3, -0.25) is 0 Å². The van der Waals surface area contributed by atoms with E-state index in [0.29, 0.717) is 11.0 Å². The Kier molecular flexibility index (Phi) is 3.13. The lowest BCUT2D eigenvalue weighted by Gasteiger charge is -2.05. The highest BCUT2D eigenvalue weighted by Crippen LogP contribution is 2.34. The molecule has 0 radical (unpaired) electrons. The number of aryl methyl sites for hydroxylation is 3. The quantitative estimate of drug-likeness (QED) is 0.384. The van der Waals surface area contributed by atoms with Crippen LogP contribution >= 0.6 is 0 Å². The number of furan rings is 1. The van der Waals surface area contributed by atoms with E-state index in [1.165, 1.54) is 0 Å². The maximum Gasteiger partial charge on any atom is 0.232 e. The summed E-state index contributed by atoms with van der Waals surface area (Å²) < 4.78 is 35.1. The van der Waals surface area contributed by atoms with Crippen LogP contribution in [0.5, 0.6) is 0 Å². The summed E-state index contributed by atoms with van der Waals surface area (Å²) in [5, 5.41) is 0.821. The summed E-state index contributed by atoms with van der Waals surface area (Å²) >= 11 is 0. The van der Waals surface area contributed by atoms with Crippen molar-refractivity contribution >= 4 is 22.1 Å². The summed E-state index contributed by atoms with van der Waals surface area (Å²) in [6, 6.07) is 8.61. The number of hydrogen-bond acceptors (Lipinski definition) is 2. The van der Waals surface area contributed by atoms with E-state index >= 15 is 0 Å². The smallest absolute Gasteiger partial charge is 0.232 e. The number of fused-ring (bicyclic) bond motifs is 3. The molecule has 3 nitrogen and oxygen atoms in total. The molecule has 0 aliphatic rings. The maximum atomic E-state index is 14.1. The molecule has 5 heteroatoms. The van der Waals surface area contributed by atoms with Gasteiger partial charge >= 0.3 is 0 Å². The van der Waals surface area contributed by atoms with Gasteiger partial charge in [-0.2, -0.15) is 9.37 Å². The molecule has 0 spiro atoms. The molecule has 4 aromatic rings. The fourth-order valence-electron chi connectivity index (χ4n) is 3.07. The Morgan fingerprint density at radius 2 is 1.88 bits per heavy atom. The standard InChI is InChI=1S/C19H15F2N2O/c1-10-4-5-23(3)15(6-10)12-8-16-13(7-11(12)2)18-14(20)9-17(21)22-19(18)24-16/h4-9H,1-3H3/q+1. The molecule has 0 fully saturated rings. The van der Waals surface area contributed by atoms with Crippen LogP contribution in [-0.2, 0) is 7.05 Å². The predicted molar refractivity (Wildman–Crippen MR) is 87.5 cm³/mol. The van der Waals surface area contributed by atoms with Gasteiger partial charge in [0.05, 0.1) is 10.9 Å². The fraction of sp³-hybridized carbons (Fsp3) is 0.158. The molecule has 0 aliphatic carbocycles. The number of halogens is 2. The highest BCUT2D eigenvalue weighted by molar-refractivity contribution is 6.05. The van der Waals surface area contributed by atoms with E-state index in [-0.39, 0.29) is 11.1 Å². The van der Waals surface area contributed by atoms with Crippen LogP contribution in [0.4, 0.5) is 8.78 Å².